The van der Waals surface area contributed by atoms with Gasteiger partial charge >= 0.3 is 0 Å². The van der Waals surface area contributed by atoms with Crippen molar-refractivity contribution < 1.29 is 4.79 Å². The summed E-state index contributed by atoms with van der Waals surface area (Å²) in [5.74, 6) is 0.475. The first-order valence-electron chi connectivity index (χ1n) is 8.68. The lowest BCUT2D eigenvalue weighted by molar-refractivity contribution is 0.0934. The Balaban J connectivity index is 1.74. The van der Waals surface area contributed by atoms with Gasteiger partial charge in [-0.2, -0.15) is 0 Å². The summed E-state index contributed by atoms with van der Waals surface area (Å²) < 4.78 is 0. The van der Waals surface area contributed by atoms with Gasteiger partial charge in [0.15, 0.2) is 0 Å². The van der Waals surface area contributed by atoms with E-state index in [9.17, 15) is 4.79 Å². The third-order valence-corrected chi connectivity index (χ3v) is 4.51. The maximum atomic E-state index is 12.6. The van der Waals surface area contributed by atoms with E-state index in [0.29, 0.717) is 11.6 Å². The number of anilines is 1. The highest BCUT2D eigenvalue weighted by Crippen LogP contribution is 2.15. The molecular formula is C19H25N5O. The summed E-state index contributed by atoms with van der Waals surface area (Å²) in [7, 11) is 2.11. The number of nitrogens with one attached hydrogen (secondary N) is 1. The molecule has 6 nitrogen and oxygen atoms in total. The molecule has 1 unspecified atom stereocenters. The van der Waals surface area contributed by atoms with Crippen LogP contribution in [0, 0.1) is 6.92 Å². The summed E-state index contributed by atoms with van der Waals surface area (Å²) >= 11 is 0. The van der Waals surface area contributed by atoms with Crippen LogP contribution in [0.3, 0.4) is 0 Å². The van der Waals surface area contributed by atoms with Crippen molar-refractivity contribution >= 4 is 11.9 Å². The Labute approximate surface area is 148 Å². The van der Waals surface area contributed by atoms with E-state index in [1.54, 1.807) is 6.07 Å². The Morgan fingerprint density at radius 2 is 1.80 bits per heavy atom. The van der Waals surface area contributed by atoms with Gasteiger partial charge in [-0.1, -0.05) is 30.3 Å². The highest BCUT2D eigenvalue weighted by Gasteiger charge is 2.19. The number of piperazine rings is 1. The second-order valence-corrected chi connectivity index (χ2v) is 6.59. The average Bonchev–Trinajstić information content (AvgIpc) is 2.62. The SMILES string of the molecule is Cc1cc(C(=O)NC(C)c2ccccc2)nc(N2CCN(C)CC2)n1. The van der Waals surface area contributed by atoms with E-state index in [2.05, 4.69) is 32.1 Å². The fraction of sp³-hybridized carbons (Fsp3) is 0.421. The summed E-state index contributed by atoms with van der Waals surface area (Å²) in [6.07, 6.45) is 0. The Hall–Kier alpha value is -2.47. The van der Waals surface area contributed by atoms with Crippen LogP contribution in [0.2, 0.25) is 0 Å². The minimum Gasteiger partial charge on any atom is -0.344 e. The van der Waals surface area contributed by atoms with Crippen LogP contribution in [0.1, 0.15) is 34.7 Å². The Morgan fingerprint density at radius 1 is 1.12 bits per heavy atom. The van der Waals surface area contributed by atoms with Gasteiger partial charge in [0.05, 0.1) is 6.04 Å². The predicted molar refractivity (Wildman–Crippen MR) is 98.8 cm³/mol. The molecule has 1 amide bonds. The summed E-state index contributed by atoms with van der Waals surface area (Å²) in [6.45, 7) is 7.58. The summed E-state index contributed by atoms with van der Waals surface area (Å²) in [5, 5.41) is 3.02. The first-order chi connectivity index (χ1) is 12.0. The molecule has 0 aliphatic carbocycles. The molecule has 1 saturated heterocycles. The molecule has 0 spiro atoms. The molecule has 1 N–H and O–H groups in total. The predicted octanol–water partition coefficient (Wildman–Crippen LogP) is 2.03. The van der Waals surface area contributed by atoms with Gasteiger partial charge in [-0.15, -0.1) is 0 Å². The van der Waals surface area contributed by atoms with Crippen LogP contribution < -0.4 is 10.2 Å². The zero-order valence-corrected chi connectivity index (χ0v) is 15.1. The number of aromatic nitrogens is 2. The maximum Gasteiger partial charge on any atom is 0.270 e. The van der Waals surface area contributed by atoms with Gasteiger partial charge < -0.3 is 15.1 Å². The van der Waals surface area contributed by atoms with Crippen LogP contribution in [0.4, 0.5) is 5.95 Å². The lowest BCUT2D eigenvalue weighted by Crippen LogP contribution is -2.45. The quantitative estimate of drug-likeness (QED) is 0.923. The molecule has 0 bridgehead atoms. The maximum absolute atomic E-state index is 12.6. The van der Waals surface area contributed by atoms with Crippen molar-refractivity contribution in [3.8, 4) is 0 Å². The van der Waals surface area contributed by atoms with Gasteiger partial charge in [0.1, 0.15) is 5.69 Å². The van der Waals surface area contributed by atoms with Gasteiger partial charge in [-0.05, 0) is 32.5 Å². The molecular weight excluding hydrogens is 314 g/mol. The van der Waals surface area contributed by atoms with Crippen molar-refractivity contribution in [2.24, 2.45) is 0 Å². The zero-order valence-electron chi connectivity index (χ0n) is 15.1. The smallest absolute Gasteiger partial charge is 0.270 e. The van der Waals surface area contributed by atoms with Gasteiger partial charge in [-0.25, -0.2) is 9.97 Å². The lowest BCUT2D eigenvalue weighted by Gasteiger charge is -2.32. The molecule has 2 heterocycles. The molecule has 6 heteroatoms. The van der Waals surface area contributed by atoms with Gasteiger partial charge in [0.25, 0.3) is 5.91 Å². The van der Waals surface area contributed by atoms with Crippen LogP contribution >= 0.6 is 0 Å². The van der Waals surface area contributed by atoms with E-state index in [0.717, 1.165) is 37.4 Å². The molecule has 1 aromatic heterocycles. The van der Waals surface area contributed by atoms with Crippen LogP contribution in [0.15, 0.2) is 36.4 Å². The minimum atomic E-state index is -0.169. The molecule has 2 aromatic rings. The van der Waals surface area contributed by atoms with E-state index in [4.69, 9.17) is 0 Å². The fourth-order valence-electron chi connectivity index (χ4n) is 2.91. The Morgan fingerprint density at radius 3 is 2.48 bits per heavy atom. The number of hydrogen-bond acceptors (Lipinski definition) is 5. The number of benzene rings is 1. The summed E-state index contributed by atoms with van der Waals surface area (Å²) in [5.41, 5.74) is 2.30. The van der Waals surface area contributed by atoms with Crippen molar-refractivity contribution in [3.63, 3.8) is 0 Å². The third kappa shape index (κ3) is 4.33. The van der Waals surface area contributed by atoms with Gasteiger partial charge in [-0.3, -0.25) is 4.79 Å². The molecule has 0 radical (unpaired) electrons. The summed E-state index contributed by atoms with van der Waals surface area (Å²) in [6, 6.07) is 11.6. The van der Waals surface area contributed by atoms with E-state index >= 15 is 0 Å². The van der Waals surface area contributed by atoms with Crippen LogP contribution in [-0.4, -0.2) is 54.0 Å². The van der Waals surface area contributed by atoms with Crippen LogP contribution in [0.5, 0.6) is 0 Å². The first-order valence-corrected chi connectivity index (χ1v) is 8.68. The standard InChI is InChI=1S/C19H25N5O/c1-14-13-17(18(25)21-15(2)16-7-5-4-6-8-16)22-19(20-14)24-11-9-23(3)10-12-24/h4-8,13,15H,9-12H2,1-3H3,(H,21,25). The van der Waals surface area contributed by atoms with Crippen molar-refractivity contribution in [2.45, 2.75) is 19.9 Å². The van der Waals surface area contributed by atoms with Crippen molar-refractivity contribution in [1.82, 2.24) is 20.2 Å². The number of aryl methyl sites for hydroxylation is 1. The molecule has 3 rings (SSSR count). The highest BCUT2D eigenvalue weighted by atomic mass is 16.1. The van der Waals surface area contributed by atoms with Gasteiger partial charge in [0.2, 0.25) is 5.95 Å². The molecule has 1 aliphatic rings. The van der Waals surface area contributed by atoms with Crippen molar-refractivity contribution in [3.05, 3.63) is 53.3 Å². The number of hydrogen-bond donors (Lipinski definition) is 1. The van der Waals surface area contributed by atoms with Crippen molar-refractivity contribution in [1.29, 1.82) is 0 Å². The number of carbonyl (C=O) groups excluding carboxylic acids is 1. The molecule has 25 heavy (non-hydrogen) atoms. The van der Waals surface area contributed by atoms with Crippen LogP contribution in [0.25, 0.3) is 0 Å². The van der Waals surface area contributed by atoms with Gasteiger partial charge in [0, 0.05) is 31.9 Å². The Kier molecular flexibility index (Phi) is 5.28. The fourth-order valence-corrected chi connectivity index (χ4v) is 2.91. The second-order valence-electron chi connectivity index (χ2n) is 6.59. The third-order valence-electron chi connectivity index (χ3n) is 4.51. The Bertz CT molecular complexity index is 726. The second kappa shape index (κ2) is 7.61. The number of likely N-dealkylation sites (N-methyl/N-ethyl adjacent to an activating group) is 1. The zero-order chi connectivity index (χ0) is 17.8. The lowest BCUT2D eigenvalue weighted by atomic mass is 10.1. The van der Waals surface area contributed by atoms with Crippen LogP contribution in [-0.2, 0) is 0 Å². The van der Waals surface area contributed by atoms with E-state index in [-0.39, 0.29) is 11.9 Å². The number of carbonyl (C=O) groups is 1. The first kappa shape index (κ1) is 17.4. The van der Waals surface area contributed by atoms with Crippen molar-refractivity contribution in [2.75, 3.05) is 38.1 Å². The number of rotatable bonds is 4. The highest BCUT2D eigenvalue weighted by molar-refractivity contribution is 5.92. The number of nitrogens with zero attached hydrogens (tertiary/aromatic N) is 4. The summed E-state index contributed by atoms with van der Waals surface area (Å²) in [4.78, 5) is 26.1. The van der Waals surface area contributed by atoms with E-state index in [1.165, 1.54) is 0 Å². The van der Waals surface area contributed by atoms with E-state index in [1.807, 2.05) is 44.2 Å². The molecule has 1 aliphatic heterocycles. The van der Waals surface area contributed by atoms with E-state index < -0.39 is 0 Å². The molecule has 0 saturated carbocycles. The molecule has 1 aromatic carbocycles. The number of amides is 1. The largest absolute Gasteiger partial charge is 0.344 e. The minimum absolute atomic E-state index is 0.0731. The monoisotopic (exact) mass is 339 g/mol. The molecule has 1 fully saturated rings. The average molecular weight is 339 g/mol. The molecule has 132 valence electrons. The topological polar surface area (TPSA) is 61.4 Å². The normalized spacial score (nSPS) is 16.5. The molecule has 1 atom stereocenters.